The lowest BCUT2D eigenvalue weighted by Gasteiger charge is -2.31. The van der Waals surface area contributed by atoms with E-state index in [2.05, 4.69) is 4.98 Å². The maximum Gasteiger partial charge on any atom is 0.412 e. The number of rotatable bonds is 4. The predicted octanol–water partition coefficient (Wildman–Crippen LogP) is 5.83. The first-order valence-corrected chi connectivity index (χ1v) is 11.7. The van der Waals surface area contributed by atoms with Gasteiger partial charge in [-0.1, -0.05) is 24.3 Å². The number of alkyl halides is 3. The van der Waals surface area contributed by atoms with Gasteiger partial charge in [0.1, 0.15) is 23.6 Å². The van der Waals surface area contributed by atoms with Crippen molar-refractivity contribution in [3.8, 4) is 0 Å². The Balaban J connectivity index is 1.74. The Hall–Kier alpha value is -3.01. The molecular formula is C24H24F3N3O3S. The fraction of sp³-hybridized carbons (Fsp3) is 0.375. The molecule has 0 spiro atoms. The van der Waals surface area contributed by atoms with Crippen molar-refractivity contribution in [1.82, 2.24) is 14.5 Å². The summed E-state index contributed by atoms with van der Waals surface area (Å²) in [5.41, 5.74) is 0.389. The quantitative estimate of drug-likeness (QED) is 0.430. The van der Waals surface area contributed by atoms with E-state index in [-0.39, 0.29) is 11.3 Å². The fourth-order valence-corrected chi connectivity index (χ4v) is 5.37. The number of halogens is 3. The van der Waals surface area contributed by atoms with Crippen molar-refractivity contribution in [2.24, 2.45) is 0 Å². The second-order valence-corrected chi connectivity index (χ2v) is 10.2. The molecule has 1 unspecified atom stereocenters. The standard InChI is InChI=1S/C24H24F3N3O3S/c1-23(2,3)33-22(32)30-19(13-34-21(30)15-7-6-10-28-11-15)20(31)17-12-29(14-24(25,26)27)18-9-5-4-8-16(17)18/h4-12,19,21H,13-14H2,1-3H3/t19-,21?/m0/s1. The molecule has 2 atom stereocenters. The van der Waals surface area contributed by atoms with E-state index in [1.165, 1.54) is 22.9 Å². The number of hydrogen-bond acceptors (Lipinski definition) is 5. The first kappa shape index (κ1) is 24.1. The van der Waals surface area contributed by atoms with Gasteiger partial charge in [0.25, 0.3) is 0 Å². The molecule has 4 rings (SSSR count). The number of thioether (sulfide) groups is 1. The number of hydrogen-bond donors (Lipinski definition) is 0. The van der Waals surface area contributed by atoms with Crippen molar-refractivity contribution in [3.63, 3.8) is 0 Å². The van der Waals surface area contributed by atoms with Crippen molar-refractivity contribution in [2.75, 3.05) is 5.75 Å². The molecule has 6 nitrogen and oxygen atoms in total. The third-order valence-corrected chi connectivity index (χ3v) is 6.60. The van der Waals surface area contributed by atoms with Gasteiger partial charge in [0.15, 0.2) is 5.78 Å². The van der Waals surface area contributed by atoms with E-state index in [0.717, 1.165) is 10.1 Å². The Bertz CT molecular complexity index is 1200. The molecule has 1 saturated heterocycles. The number of pyridine rings is 1. The molecule has 0 saturated carbocycles. The molecule has 10 heteroatoms. The van der Waals surface area contributed by atoms with Crippen LogP contribution in [0.1, 0.15) is 42.1 Å². The van der Waals surface area contributed by atoms with E-state index in [4.69, 9.17) is 4.74 Å². The van der Waals surface area contributed by atoms with Crippen LogP contribution in [-0.2, 0) is 11.3 Å². The van der Waals surface area contributed by atoms with Crippen LogP contribution in [0.2, 0.25) is 0 Å². The molecule has 1 fully saturated rings. The minimum absolute atomic E-state index is 0.144. The number of amides is 1. The van der Waals surface area contributed by atoms with Crippen molar-refractivity contribution in [3.05, 3.63) is 66.1 Å². The number of aromatic nitrogens is 2. The predicted molar refractivity (Wildman–Crippen MR) is 124 cm³/mol. The number of fused-ring (bicyclic) bond motifs is 1. The van der Waals surface area contributed by atoms with Crippen LogP contribution in [0.5, 0.6) is 0 Å². The van der Waals surface area contributed by atoms with Crippen molar-refractivity contribution in [2.45, 2.75) is 50.5 Å². The minimum Gasteiger partial charge on any atom is -0.444 e. The SMILES string of the molecule is CC(C)(C)OC(=O)N1C(c2cccnc2)SC[C@H]1C(=O)c1cn(CC(F)(F)F)c2ccccc12. The average Bonchev–Trinajstić information content (AvgIpc) is 3.34. The van der Waals surface area contributed by atoms with Crippen LogP contribution in [0.15, 0.2) is 55.0 Å². The lowest BCUT2D eigenvalue weighted by molar-refractivity contribution is -0.139. The van der Waals surface area contributed by atoms with Gasteiger partial charge in [-0.3, -0.25) is 14.7 Å². The van der Waals surface area contributed by atoms with Crippen LogP contribution in [0.25, 0.3) is 10.9 Å². The highest BCUT2D eigenvalue weighted by molar-refractivity contribution is 7.99. The third kappa shape index (κ3) is 5.06. The molecule has 1 amide bonds. The Morgan fingerprint density at radius 2 is 1.88 bits per heavy atom. The number of benzene rings is 1. The van der Waals surface area contributed by atoms with Gasteiger partial charge in [-0.15, -0.1) is 11.8 Å². The number of nitrogens with zero attached hydrogens (tertiary/aromatic N) is 3. The lowest BCUT2D eigenvalue weighted by Crippen LogP contribution is -2.45. The molecule has 2 aromatic heterocycles. The summed E-state index contributed by atoms with van der Waals surface area (Å²) >= 11 is 1.39. The van der Waals surface area contributed by atoms with Crippen molar-refractivity contribution >= 4 is 34.5 Å². The largest absolute Gasteiger partial charge is 0.444 e. The average molecular weight is 492 g/mol. The summed E-state index contributed by atoms with van der Waals surface area (Å²) in [5.74, 6) is -0.155. The Kier molecular flexibility index (Phi) is 6.37. The van der Waals surface area contributed by atoms with Gasteiger partial charge in [0.05, 0.1) is 0 Å². The molecule has 1 aliphatic heterocycles. The maximum absolute atomic E-state index is 13.7. The smallest absolute Gasteiger partial charge is 0.412 e. The zero-order valence-corrected chi connectivity index (χ0v) is 19.7. The number of ketones is 1. The highest BCUT2D eigenvalue weighted by Gasteiger charge is 2.45. The Labute approximate surface area is 199 Å². The molecule has 180 valence electrons. The van der Waals surface area contributed by atoms with Gasteiger partial charge in [-0.05, 0) is 32.9 Å². The molecule has 3 aromatic rings. The van der Waals surface area contributed by atoms with E-state index < -0.39 is 41.6 Å². The van der Waals surface area contributed by atoms with Crippen molar-refractivity contribution < 1.29 is 27.5 Å². The molecule has 0 N–H and O–H groups in total. The molecule has 3 heterocycles. The van der Waals surface area contributed by atoms with Gasteiger partial charge in [0.2, 0.25) is 0 Å². The summed E-state index contributed by atoms with van der Waals surface area (Å²) in [6, 6.07) is 9.10. The van der Waals surface area contributed by atoms with Gasteiger partial charge in [-0.25, -0.2) is 4.79 Å². The highest BCUT2D eigenvalue weighted by atomic mass is 32.2. The van der Waals surface area contributed by atoms with Gasteiger partial charge < -0.3 is 9.30 Å². The number of Topliss-reactive ketones (excluding diaryl/α,β-unsaturated/α-hetero) is 1. The summed E-state index contributed by atoms with van der Waals surface area (Å²) in [5, 5.41) is -0.100. The monoisotopic (exact) mass is 491 g/mol. The molecule has 0 aliphatic carbocycles. The maximum atomic E-state index is 13.7. The number of ether oxygens (including phenoxy) is 1. The van der Waals surface area contributed by atoms with E-state index in [1.807, 2.05) is 6.07 Å². The number of carbonyl (C=O) groups is 2. The van der Waals surface area contributed by atoms with Crippen LogP contribution in [0.3, 0.4) is 0 Å². The summed E-state index contributed by atoms with van der Waals surface area (Å²) in [6.07, 6.45) is -0.644. The summed E-state index contributed by atoms with van der Waals surface area (Å²) in [7, 11) is 0. The van der Waals surface area contributed by atoms with Gasteiger partial charge >= 0.3 is 12.3 Å². The topological polar surface area (TPSA) is 64.4 Å². The number of para-hydroxylation sites is 1. The third-order valence-electron chi connectivity index (χ3n) is 5.28. The molecule has 0 bridgehead atoms. The first-order chi connectivity index (χ1) is 15.9. The van der Waals surface area contributed by atoms with E-state index >= 15 is 0 Å². The minimum atomic E-state index is -4.45. The molecule has 1 aliphatic rings. The van der Waals surface area contributed by atoms with Crippen LogP contribution in [0, 0.1) is 0 Å². The summed E-state index contributed by atoms with van der Waals surface area (Å²) in [4.78, 5) is 32.4. The Morgan fingerprint density at radius 1 is 1.15 bits per heavy atom. The molecule has 34 heavy (non-hydrogen) atoms. The fourth-order valence-electron chi connectivity index (χ4n) is 3.97. The van der Waals surface area contributed by atoms with Crippen molar-refractivity contribution in [1.29, 1.82) is 0 Å². The van der Waals surface area contributed by atoms with Crippen LogP contribution in [0.4, 0.5) is 18.0 Å². The van der Waals surface area contributed by atoms with E-state index in [1.54, 1.807) is 63.5 Å². The Morgan fingerprint density at radius 3 is 2.53 bits per heavy atom. The zero-order chi connectivity index (χ0) is 24.7. The second-order valence-electron chi connectivity index (χ2n) is 9.04. The first-order valence-electron chi connectivity index (χ1n) is 10.7. The normalized spacial score (nSPS) is 18.9. The molecular weight excluding hydrogens is 467 g/mol. The van der Waals surface area contributed by atoms with E-state index in [9.17, 15) is 22.8 Å². The van der Waals surface area contributed by atoms with Crippen LogP contribution >= 0.6 is 11.8 Å². The summed E-state index contributed by atoms with van der Waals surface area (Å²) in [6.45, 7) is 3.98. The molecule has 1 aromatic carbocycles. The van der Waals surface area contributed by atoms with Crippen LogP contribution in [-0.4, -0.2) is 49.9 Å². The van der Waals surface area contributed by atoms with Gasteiger partial charge in [-0.2, -0.15) is 13.2 Å². The highest BCUT2D eigenvalue weighted by Crippen LogP contribution is 2.43. The zero-order valence-electron chi connectivity index (χ0n) is 18.9. The number of carbonyl (C=O) groups excluding carboxylic acids is 2. The van der Waals surface area contributed by atoms with Crippen LogP contribution < -0.4 is 0 Å². The van der Waals surface area contributed by atoms with Gasteiger partial charge in [0, 0.05) is 46.4 Å². The lowest BCUT2D eigenvalue weighted by atomic mass is 10.0. The van der Waals surface area contributed by atoms with E-state index in [0.29, 0.717) is 10.9 Å². The summed E-state index contributed by atoms with van der Waals surface area (Å²) < 4.78 is 46.1. The molecule has 0 radical (unpaired) electrons. The second kappa shape index (κ2) is 8.98.